The van der Waals surface area contributed by atoms with Gasteiger partial charge < -0.3 is 20.7 Å². The minimum Gasteiger partial charge on any atom is -0.393 e. The fraction of sp³-hybridized carbons (Fsp3) is 0.364. The van der Waals surface area contributed by atoms with Gasteiger partial charge in [-0.05, 0) is 71.4 Å². The zero-order chi connectivity index (χ0) is 21.1. The van der Waals surface area contributed by atoms with E-state index in [9.17, 15) is 14.3 Å². The number of carbonyl (C=O) groups excluding carboxylic acids is 1. The SMILES string of the molecule is O=C(N[C@H](Cc1ccc(Br)c(F)c1)c1nc2ccccc2[nH]1)N[C@H]1CC[C@H](O)CC1. The minimum atomic E-state index is -0.452. The van der Waals surface area contributed by atoms with Gasteiger partial charge in [-0.25, -0.2) is 14.2 Å². The quantitative estimate of drug-likeness (QED) is 0.442. The Morgan fingerprint density at radius 1 is 1.23 bits per heavy atom. The molecule has 158 valence electrons. The first-order chi connectivity index (χ1) is 14.5. The number of carbonyl (C=O) groups is 1. The van der Waals surface area contributed by atoms with Crippen LogP contribution in [0.1, 0.15) is 43.1 Å². The number of imidazole rings is 1. The molecule has 2 aromatic carbocycles. The van der Waals surface area contributed by atoms with E-state index in [4.69, 9.17) is 0 Å². The molecule has 4 rings (SSSR count). The number of aromatic amines is 1. The molecular weight excluding hydrogens is 451 g/mol. The van der Waals surface area contributed by atoms with Gasteiger partial charge in [0.05, 0.1) is 27.7 Å². The smallest absolute Gasteiger partial charge is 0.315 e. The van der Waals surface area contributed by atoms with E-state index >= 15 is 0 Å². The molecule has 1 aliphatic rings. The second-order valence-corrected chi connectivity index (χ2v) is 8.62. The van der Waals surface area contributed by atoms with Crippen molar-refractivity contribution in [3.63, 3.8) is 0 Å². The van der Waals surface area contributed by atoms with Crippen molar-refractivity contribution < 1.29 is 14.3 Å². The summed E-state index contributed by atoms with van der Waals surface area (Å²) in [5.41, 5.74) is 2.44. The van der Waals surface area contributed by atoms with Gasteiger partial charge in [-0.2, -0.15) is 0 Å². The van der Waals surface area contributed by atoms with Crippen LogP contribution < -0.4 is 10.6 Å². The summed E-state index contributed by atoms with van der Waals surface area (Å²) in [6, 6.07) is 11.9. The minimum absolute atomic E-state index is 0.0369. The van der Waals surface area contributed by atoms with Crippen molar-refractivity contribution in [1.82, 2.24) is 20.6 Å². The van der Waals surface area contributed by atoms with Gasteiger partial charge in [0.25, 0.3) is 0 Å². The van der Waals surface area contributed by atoms with Crippen molar-refractivity contribution >= 4 is 33.0 Å². The number of H-pyrrole nitrogens is 1. The first-order valence-electron chi connectivity index (χ1n) is 10.1. The average Bonchev–Trinajstić information content (AvgIpc) is 3.16. The van der Waals surface area contributed by atoms with E-state index in [1.54, 1.807) is 6.07 Å². The Kier molecular flexibility index (Phi) is 6.34. The summed E-state index contributed by atoms with van der Waals surface area (Å²) in [6.45, 7) is 0. The number of fused-ring (bicyclic) bond motifs is 1. The molecule has 3 aromatic rings. The van der Waals surface area contributed by atoms with Crippen LogP contribution in [0.2, 0.25) is 0 Å². The third kappa shape index (κ3) is 4.99. The molecule has 1 fully saturated rings. The summed E-state index contributed by atoms with van der Waals surface area (Å²) >= 11 is 3.17. The molecule has 1 saturated carbocycles. The molecule has 1 aromatic heterocycles. The molecule has 0 saturated heterocycles. The number of nitrogens with one attached hydrogen (secondary N) is 3. The Morgan fingerprint density at radius 3 is 2.73 bits per heavy atom. The number of hydrogen-bond acceptors (Lipinski definition) is 3. The molecule has 8 heteroatoms. The number of hydrogen-bond donors (Lipinski definition) is 4. The molecule has 2 amide bonds. The highest BCUT2D eigenvalue weighted by Gasteiger charge is 2.24. The Hall–Kier alpha value is -2.45. The number of benzene rings is 2. The van der Waals surface area contributed by atoms with Crippen molar-refractivity contribution in [3.8, 4) is 0 Å². The highest BCUT2D eigenvalue weighted by atomic mass is 79.9. The number of aliphatic hydroxyl groups excluding tert-OH is 1. The molecular formula is C22H24BrFN4O2. The summed E-state index contributed by atoms with van der Waals surface area (Å²) in [5.74, 6) is 0.273. The maximum Gasteiger partial charge on any atom is 0.315 e. The van der Waals surface area contributed by atoms with Crippen LogP contribution in [0, 0.1) is 5.82 Å². The van der Waals surface area contributed by atoms with Crippen LogP contribution in [-0.4, -0.2) is 33.3 Å². The predicted octanol–water partition coefficient (Wildman–Crippen LogP) is 4.35. The lowest BCUT2D eigenvalue weighted by Crippen LogP contribution is -2.45. The molecule has 4 N–H and O–H groups in total. The standard InChI is InChI=1S/C22H24BrFN4O2/c23-16-10-5-13(11-17(16)24)12-20(21-26-18-3-1-2-4-19(18)27-21)28-22(30)25-14-6-8-15(29)9-7-14/h1-5,10-11,14-15,20,29H,6-9,12H2,(H,26,27)(H2,25,28,30)/t14-,15-,20-/m1/s1. The van der Waals surface area contributed by atoms with Gasteiger partial charge in [0.2, 0.25) is 0 Å². The molecule has 0 spiro atoms. The van der Waals surface area contributed by atoms with Crippen molar-refractivity contribution in [2.24, 2.45) is 0 Å². The van der Waals surface area contributed by atoms with Gasteiger partial charge >= 0.3 is 6.03 Å². The van der Waals surface area contributed by atoms with E-state index in [1.807, 2.05) is 30.3 Å². The number of aliphatic hydroxyl groups is 1. The Morgan fingerprint density at radius 2 is 2.00 bits per heavy atom. The van der Waals surface area contributed by atoms with E-state index in [-0.39, 0.29) is 24.0 Å². The van der Waals surface area contributed by atoms with Gasteiger partial charge in [0, 0.05) is 12.5 Å². The number of aromatic nitrogens is 2. The zero-order valence-electron chi connectivity index (χ0n) is 16.4. The topological polar surface area (TPSA) is 90.0 Å². The van der Waals surface area contributed by atoms with Crippen LogP contribution in [0.3, 0.4) is 0 Å². The van der Waals surface area contributed by atoms with E-state index in [1.165, 1.54) is 6.07 Å². The lowest BCUT2D eigenvalue weighted by molar-refractivity contribution is 0.117. The lowest BCUT2D eigenvalue weighted by Gasteiger charge is -2.27. The van der Waals surface area contributed by atoms with Crippen LogP contribution in [0.4, 0.5) is 9.18 Å². The van der Waals surface area contributed by atoms with Crippen LogP contribution >= 0.6 is 15.9 Å². The molecule has 0 bridgehead atoms. The summed E-state index contributed by atoms with van der Waals surface area (Å²) in [6.07, 6.45) is 3.00. The van der Waals surface area contributed by atoms with Crippen LogP contribution in [0.15, 0.2) is 46.9 Å². The van der Waals surface area contributed by atoms with Crippen molar-refractivity contribution in [1.29, 1.82) is 0 Å². The summed E-state index contributed by atoms with van der Waals surface area (Å²) < 4.78 is 14.4. The molecule has 1 atom stereocenters. The van der Waals surface area contributed by atoms with Crippen LogP contribution in [0.25, 0.3) is 11.0 Å². The lowest BCUT2D eigenvalue weighted by atomic mass is 9.93. The fourth-order valence-electron chi connectivity index (χ4n) is 3.86. The van der Waals surface area contributed by atoms with Crippen molar-refractivity contribution in [2.45, 2.75) is 50.3 Å². The predicted molar refractivity (Wildman–Crippen MR) is 117 cm³/mol. The first kappa shape index (κ1) is 20.8. The Labute approximate surface area is 182 Å². The number of urea groups is 1. The molecule has 1 aliphatic carbocycles. The van der Waals surface area contributed by atoms with Crippen molar-refractivity contribution in [3.05, 3.63) is 64.1 Å². The maximum atomic E-state index is 14.0. The third-order valence-electron chi connectivity index (χ3n) is 5.50. The van der Waals surface area contributed by atoms with Gasteiger partial charge in [0.1, 0.15) is 11.6 Å². The molecule has 0 unspecified atom stereocenters. The Balaban J connectivity index is 1.53. The summed E-state index contributed by atoms with van der Waals surface area (Å²) in [7, 11) is 0. The molecule has 0 aliphatic heterocycles. The number of amides is 2. The monoisotopic (exact) mass is 474 g/mol. The number of nitrogens with zero attached hydrogens (tertiary/aromatic N) is 1. The average molecular weight is 475 g/mol. The molecule has 0 radical (unpaired) electrons. The van der Waals surface area contributed by atoms with E-state index in [0.29, 0.717) is 29.6 Å². The Bertz CT molecular complexity index is 1000. The highest BCUT2D eigenvalue weighted by molar-refractivity contribution is 9.10. The molecule has 6 nitrogen and oxygen atoms in total. The van der Waals surface area contributed by atoms with Crippen molar-refractivity contribution in [2.75, 3.05) is 0 Å². The van der Waals surface area contributed by atoms with E-state index in [2.05, 4.69) is 36.5 Å². The molecule has 30 heavy (non-hydrogen) atoms. The number of rotatable bonds is 5. The normalized spacial score (nSPS) is 20.1. The second-order valence-electron chi connectivity index (χ2n) is 7.77. The van der Waals surface area contributed by atoms with E-state index in [0.717, 1.165) is 29.4 Å². The zero-order valence-corrected chi connectivity index (χ0v) is 18.0. The second kappa shape index (κ2) is 9.14. The third-order valence-corrected chi connectivity index (χ3v) is 6.14. The van der Waals surface area contributed by atoms with Gasteiger partial charge in [-0.1, -0.05) is 18.2 Å². The number of para-hydroxylation sites is 2. The maximum absolute atomic E-state index is 14.0. The first-order valence-corrected chi connectivity index (χ1v) is 10.9. The fourth-order valence-corrected chi connectivity index (χ4v) is 4.11. The number of halogens is 2. The van der Waals surface area contributed by atoms with Gasteiger partial charge in [-0.15, -0.1) is 0 Å². The van der Waals surface area contributed by atoms with E-state index < -0.39 is 6.04 Å². The highest BCUT2D eigenvalue weighted by Crippen LogP contribution is 2.23. The van der Waals surface area contributed by atoms with Gasteiger partial charge in [-0.3, -0.25) is 0 Å². The van der Waals surface area contributed by atoms with Gasteiger partial charge in [0.15, 0.2) is 0 Å². The molecule has 1 heterocycles. The summed E-state index contributed by atoms with van der Waals surface area (Å²) in [5, 5.41) is 15.6. The van der Waals surface area contributed by atoms with Crippen LogP contribution in [0.5, 0.6) is 0 Å². The summed E-state index contributed by atoms with van der Waals surface area (Å²) in [4.78, 5) is 20.6. The van der Waals surface area contributed by atoms with Crippen LogP contribution in [-0.2, 0) is 6.42 Å². The largest absolute Gasteiger partial charge is 0.393 e.